The smallest absolute Gasteiger partial charge is 0.379 e. The normalized spacial score (nSPS) is 13.7. The van der Waals surface area contributed by atoms with Crippen molar-refractivity contribution in [2.75, 3.05) is 18.5 Å². The number of carbonyl (C=O) groups excluding carboxylic acids is 1. The van der Waals surface area contributed by atoms with Gasteiger partial charge in [0.1, 0.15) is 11.3 Å². The zero-order valence-electron chi connectivity index (χ0n) is 9.41. The number of esters is 1. The van der Waals surface area contributed by atoms with Crippen molar-refractivity contribution in [1.29, 1.82) is 0 Å². The lowest BCUT2D eigenvalue weighted by atomic mass is 10.1. The van der Waals surface area contributed by atoms with Gasteiger partial charge >= 0.3 is 11.6 Å². The highest BCUT2D eigenvalue weighted by Crippen LogP contribution is 2.30. The molecule has 0 bridgehead atoms. The zero-order chi connectivity index (χ0) is 12.4. The summed E-state index contributed by atoms with van der Waals surface area (Å²) in [6.45, 7) is 2.49. The molecule has 1 aliphatic rings. The quantitative estimate of drug-likeness (QED) is 0.745. The molecule has 1 aromatic heterocycles. The number of aromatic hydroxyl groups is 1. The van der Waals surface area contributed by atoms with Crippen LogP contribution in [0.5, 0.6) is 5.75 Å². The Kier molecular flexibility index (Phi) is 3.03. The Morgan fingerprint density at radius 1 is 1.59 bits per heavy atom. The van der Waals surface area contributed by atoms with E-state index >= 15 is 0 Å². The average molecular weight is 239 g/mol. The summed E-state index contributed by atoms with van der Waals surface area (Å²) >= 11 is 0. The summed E-state index contributed by atoms with van der Waals surface area (Å²) in [5, 5.41) is 12.5. The average Bonchev–Trinajstić information content (AvgIpc) is 2.31. The lowest BCUT2D eigenvalue weighted by molar-refractivity contribution is 0.0522. The fraction of sp³-hybridized carbons (Fsp3) is 0.455. The molecule has 6 nitrogen and oxygen atoms in total. The number of anilines is 1. The molecule has 0 amide bonds. The number of aryl methyl sites for hydroxylation is 1. The Labute approximate surface area is 97.2 Å². The lowest BCUT2D eigenvalue weighted by Gasteiger charge is -2.19. The largest absolute Gasteiger partial charge is 0.501 e. The summed E-state index contributed by atoms with van der Waals surface area (Å²) in [4.78, 5) is 23.1. The summed E-state index contributed by atoms with van der Waals surface area (Å²) in [6.07, 6.45) is 1.37. The minimum atomic E-state index is -0.907. The number of nitrogens with one attached hydrogen (secondary N) is 1. The Hall–Kier alpha value is -1.98. The van der Waals surface area contributed by atoms with Crippen LogP contribution in [0.15, 0.2) is 9.21 Å². The minimum absolute atomic E-state index is 0.127. The molecule has 0 radical (unpaired) electrons. The summed E-state index contributed by atoms with van der Waals surface area (Å²) in [7, 11) is 0. The van der Waals surface area contributed by atoms with Gasteiger partial charge in [-0.25, -0.2) is 9.59 Å². The molecule has 1 aromatic rings. The molecule has 2 N–H and O–H groups in total. The Morgan fingerprint density at radius 3 is 3.06 bits per heavy atom. The summed E-state index contributed by atoms with van der Waals surface area (Å²) in [6, 6.07) is 0. The molecule has 0 aromatic carbocycles. The van der Waals surface area contributed by atoms with E-state index in [-0.39, 0.29) is 12.2 Å². The minimum Gasteiger partial charge on any atom is -0.501 e. The number of hydrogen-bond acceptors (Lipinski definition) is 6. The van der Waals surface area contributed by atoms with Gasteiger partial charge in [-0.15, -0.1) is 0 Å². The van der Waals surface area contributed by atoms with Crippen LogP contribution in [-0.4, -0.2) is 24.2 Å². The van der Waals surface area contributed by atoms with Gasteiger partial charge < -0.3 is 19.6 Å². The molecular formula is C11H13NO5. The zero-order valence-corrected chi connectivity index (χ0v) is 9.41. The molecule has 0 aliphatic carbocycles. The fourth-order valence-corrected chi connectivity index (χ4v) is 1.80. The molecule has 0 fully saturated rings. The van der Waals surface area contributed by atoms with Crippen molar-refractivity contribution in [2.24, 2.45) is 0 Å². The summed E-state index contributed by atoms with van der Waals surface area (Å²) in [5.74, 6) is -1.03. The van der Waals surface area contributed by atoms with E-state index in [2.05, 4.69) is 5.32 Å². The van der Waals surface area contributed by atoms with E-state index < -0.39 is 17.3 Å². The van der Waals surface area contributed by atoms with E-state index in [4.69, 9.17) is 9.15 Å². The van der Waals surface area contributed by atoms with Gasteiger partial charge in [-0.1, -0.05) is 0 Å². The van der Waals surface area contributed by atoms with Crippen LogP contribution in [0.25, 0.3) is 0 Å². The topological polar surface area (TPSA) is 88.8 Å². The van der Waals surface area contributed by atoms with E-state index in [0.29, 0.717) is 24.4 Å². The summed E-state index contributed by atoms with van der Waals surface area (Å²) < 4.78 is 9.73. The number of rotatable bonds is 2. The van der Waals surface area contributed by atoms with Gasteiger partial charge in [-0.3, -0.25) is 0 Å². The van der Waals surface area contributed by atoms with Crippen molar-refractivity contribution >= 4 is 11.7 Å². The molecule has 0 saturated carbocycles. The molecule has 92 valence electrons. The standard InChI is InChI=1S/C11H13NO5/c1-2-16-10(14)7-8-6(4-3-5-12-8)17-11(15)9(7)13/h12-13H,2-5H2,1H3. The van der Waals surface area contributed by atoms with Crippen LogP contribution in [0.2, 0.25) is 0 Å². The first-order chi connectivity index (χ1) is 8.15. The van der Waals surface area contributed by atoms with Crippen LogP contribution in [0.3, 0.4) is 0 Å². The number of carbonyl (C=O) groups is 1. The van der Waals surface area contributed by atoms with Crippen molar-refractivity contribution in [3.8, 4) is 5.75 Å². The van der Waals surface area contributed by atoms with Crippen molar-refractivity contribution in [3.05, 3.63) is 21.7 Å². The van der Waals surface area contributed by atoms with Crippen LogP contribution < -0.4 is 10.9 Å². The third-order valence-corrected chi connectivity index (χ3v) is 2.54. The van der Waals surface area contributed by atoms with Crippen LogP contribution >= 0.6 is 0 Å². The maximum atomic E-state index is 11.7. The lowest BCUT2D eigenvalue weighted by Crippen LogP contribution is -2.21. The highest BCUT2D eigenvalue weighted by atomic mass is 16.5. The van der Waals surface area contributed by atoms with Gasteiger partial charge in [0.15, 0.2) is 0 Å². The summed E-state index contributed by atoms with van der Waals surface area (Å²) in [5.41, 5.74) is -0.667. The first-order valence-electron chi connectivity index (χ1n) is 5.45. The van der Waals surface area contributed by atoms with E-state index in [1.807, 2.05) is 0 Å². The predicted octanol–water partition coefficient (Wildman–Crippen LogP) is 0.880. The number of fused-ring (bicyclic) bond motifs is 1. The molecule has 1 aliphatic heterocycles. The van der Waals surface area contributed by atoms with Gasteiger partial charge in [-0.2, -0.15) is 0 Å². The van der Waals surface area contributed by atoms with Gasteiger partial charge in [0, 0.05) is 13.0 Å². The van der Waals surface area contributed by atoms with Gasteiger partial charge in [0.25, 0.3) is 0 Å². The Balaban J connectivity index is 2.58. The van der Waals surface area contributed by atoms with Crippen molar-refractivity contribution in [1.82, 2.24) is 0 Å². The predicted molar refractivity (Wildman–Crippen MR) is 59.4 cm³/mol. The van der Waals surface area contributed by atoms with Crippen molar-refractivity contribution in [3.63, 3.8) is 0 Å². The molecule has 6 heteroatoms. The number of ether oxygens (including phenoxy) is 1. The van der Waals surface area contributed by atoms with E-state index in [9.17, 15) is 14.7 Å². The van der Waals surface area contributed by atoms with Gasteiger partial charge in [0.05, 0.1) is 12.3 Å². The molecule has 0 unspecified atom stereocenters. The molecule has 2 heterocycles. The first kappa shape index (κ1) is 11.5. The number of hydrogen-bond donors (Lipinski definition) is 2. The van der Waals surface area contributed by atoms with E-state index in [0.717, 1.165) is 6.42 Å². The SMILES string of the molecule is CCOC(=O)c1c2c(oc(=O)c1O)CCCN2. The second-order valence-corrected chi connectivity index (χ2v) is 3.66. The van der Waals surface area contributed by atoms with E-state index in [1.165, 1.54) is 0 Å². The molecule has 0 saturated heterocycles. The van der Waals surface area contributed by atoms with Gasteiger partial charge in [-0.05, 0) is 13.3 Å². The van der Waals surface area contributed by atoms with Crippen LogP contribution in [0, 0.1) is 0 Å². The molecular weight excluding hydrogens is 226 g/mol. The second-order valence-electron chi connectivity index (χ2n) is 3.66. The highest BCUT2D eigenvalue weighted by molar-refractivity contribution is 5.98. The molecule has 0 spiro atoms. The highest BCUT2D eigenvalue weighted by Gasteiger charge is 2.27. The third-order valence-electron chi connectivity index (χ3n) is 2.54. The van der Waals surface area contributed by atoms with Crippen molar-refractivity contribution < 1.29 is 19.1 Å². The Bertz CT molecular complexity index is 505. The first-order valence-corrected chi connectivity index (χ1v) is 5.45. The van der Waals surface area contributed by atoms with Crippen molar-refractivity contribution in [2.45, 2.75) is 19.8 Å². The fourth-order valence-electron chi connectivity index (χ4n) is 1.80. The Morgan fingerprint density at radius 2 is 2.35 bits per heavy atom. The maximum absolute atomic E-state index is 11.7. The van der Waals surface area contributed by atoms with E-state index in [1.54, 1.807) is 6.92 Å². The van der Waals surface area contributed by atoms with Crippen LogP contribution in [0.1, 0.15) is 29.5 Å². The van der Waals surface area contributed by atoms with Crippen LogP contribution in [-0.2, 0) is 11.2 Å². The van der Waals surface area contributed by atoms with Crippen LogP contribution in [0.4, 0.5) is 5.69 Å². The molecule has 2 rings (SSSR count). The third kappa shape index (κ3) is 1.98. The molecule has 0 atom stereocenters. The molecule has 17 heavy (non-hydrogen) atoms. The maximum Gasteiger partial charge on any atom is 0.379 e. The van der Waals surface area contributed by atoms with Gasteiger partial charge in [0.2, 0.25) is 5.75 Å². The monoisotopic (exact) mass is 239 g/mol. The second kappa shape index (κ2) is 4.48.